The molecule has 0 radical (unpaired) electrons. The van der Waals surface area contributed by atoms with Crippen LogP contribution in [0.2, 0.25) is 0 Å². The zero-order valence-corrected chi connectivity index (χ0v) is 12.0. The van der Waals surface area contributed by atoms with E-state index in [9.17, 15) is 4.79 Å². The van der Waals surface area contributed by atoms with Crippen molar-refractivity contribution in [1.82, 2.24) is 0 Å². The SMILES string of the molecule is CCOCCCOc1cccc(N(N)CC(=O)OC)c1. The van der Waals surface area contributed by atoms with Gasteiger partial charge in [-0.3, -0.25) is 9.80 Å². The molecular formula is C14H22N2O4. The maximum Gasteiger partial charge on any atom is 0.326 e. The van der Waals surface area contributed by atoms with Crippen LogP contribution in [0.25, 0.3) is 0 Å². The molecule has 0 aliphatic rings. The Balaban J connectivity index is 2.46. The summed E-state index contributed by atoms with van der Waals surface area (Å²) in [5.41, 5.74) is 0.692. The molecule has 0 saturated heterocycles. The number of nitrogens with zero attached hydrogens (tertiary/aromatic N) is 1. The Morgan fingerprint density at radius 3 is 2.85 bits per heavy atom. The molecule has 6 nitrogen and oxygen atoms in total. The number of nitrogens with two attached hydrogens (primary N) is 1. The molecule has 1 rings (SSSR count). The predicted molar refractivity (Wildman–Crippen MR) is 76.6 cm³/mol. The number of carbonyl (C=O) groups excluding carboxylic acids is 1. The number of rotatable bonds is 9. The molecule has 0 atom stereocenters. The molecule has 112 valence electrons. The van der Waals surface area contributed by atoms with Crippen LogP contribution in [0.5, 0.6) is 5.75 Å². The van der Waals surface area contributed by atoms with Gasteiger partial charge in [0.25, 0.3) is 0 Å². The summed E-state index contributed by atoms with van der Waals surface area (Å²) in [6, 6.07) is 7.25. The van der Waals surface area contributed by atoms with Crippen LogP contribution in [0.3, 0.4) is 0 Å². The standard InChI is InChI=1S/C14H22N2O4/c1-3-19-8-5-9-20-13-7-4-6-12(10-13)16(15)11-14(17)18-2/h4,6-7,10H,3,5,8-9,11,15H2,1-2H3. The van der Waals surface area contributed by atoms with Crippen molar-refractivity contribution in [3.8, 4) is 5.75 Å². The molecule has 2 N–H and O–H groups in total. The Morgan fingerprint density at radius 2 is 2.15 bits per heavy atom. The molecule has 20 heavy (non-hydrogen) atoms. The lowest BCUT2D eigenvalue weighted by atomic mass is 10.3. The van der Waals surface area contributed by atoms with Gasteiger partial charge in [0.05, 0.1) is 19.4 Å². The van der Waals surface area contributed by atoms with Gasteiger partial charge in [0.15, 0.2) is 0 Å². The third-order valence-corrected chi connectivity index (χ3v) is 2.58. The highest BCUT2D eigenvalue weighted by Crippen LogP contribution is 2.19. The Morgan fingerprint density at radius 1 is 1.35 bits per heavy atom. The van der Waals surface area contributed by atoms with E-state index in [0.717, 1.165) is 6.42 Å². The van der Waals surface area contributed by atoms with Crippen molar-refractivity contribution in [3.05, 3.63) is 24.3 Å². The van der Waals surface area contributed by atoms with Gasteiger partial charge in [-0.25, -0.2) is 5.84 Å². The summed E-state index contributed by atoms with van der Waals surface area (Å²) in [6.07, 6.45) is 0.826. The van der Waals surface area contributed by atoms with Crippen molar-refractivity contribution in [2.45, 2.75) is 13.3 Å². The predicted octanol–water partition coefficient (Wildman–Crippen LogP) is 1.35. The smallest absolute Gasteiger partial charge is 0.326 e. The third-order valence-electron chi connectivity index (χ3n) is 2.58. The van der Waals surface area contributed by atoms with Gasteiger partial charge in [-0.05, 0) is 19.1 Å². The lowest BCUT2D eigenvalue weighted by Crippen LogP contribution is -2.36. The van der Waals surface area contributed by atoms with Crippen molar-refractivity contribution in [3.63, 3.8) is 0 Å². The maximum atomic E-state index is 11.2. The first-order valence-corrected chi connectivity index (χ1v) is 6.57. The van der Waals surface area contributed by atoms with Crippen LogP contribution < -0.4 is 15.6 Å². The number of anilines is 1. The summed E-state index contributed by atoms with van der Waals surface area (Å²) in [5.74, 6) is 6.11. The van der Waals surface area contributed by atoms with Gasteiger partial charge in [0.2, 0.25) is 0 Å². The van der Waals surface area contributed by atoms with Crippen molar-refractivity contribution in [2.75, 3.05) is 38.5 Å². The zero-order valence-electron chi connectivity index (χ0n) is 12.0. The zero-order chi connectivity index (χ0) is 14.8. The highest BCUT2D eigenvalue weighted by molar-refractivity contribution is 5.75. The number of hydrogen-bond donors (Lipinski definition) is 1. The summed E-state index contributed by atoms with van der Waals surface area (Å²) in [4.78, 5) is 11.2. The summed E-state index contributed by atoms with van der Waals surface area (Å²) < 4.78 is 15.4. The van der Waals surface area contributed by atoms with Crippen molar-refractivity contribution < 1.29 is 19.0 Å². The number of hydrogen-bond acceptors (Lipinski definition) is 6. The molecule has 0 spiro atoms. The van der Waals surface area contributed by atoms with Crippen molar-refractivity contribution in [1.29, 1.82) is 0 Å². The van der Waals surface area contributed by atoms with Crippen LogP contribution in [0.1, 0.15) is 13.3 Å². The average Bonchev–Trinajstić information content (AvgIpc) is 2.47. The molecule has 0 aliphatic carbocycles. The molecule has 0 aromatic heterocycles. The number of hydrazine groups is 1. The second-order valence-corrected chi connectivity index (χ2v) is 4.10. The van der Waals surface area contributed by atoms with Crippen LogP contribution in [-0.4, -0.2) is 39.4 Å². The monoisotopic (exact) mass is 282 g/mol. The fourth-order valence-corrected chi connectivity index (χ4v) is 1.54. The molecule has 0 heterocycles. The summed E-state index contributed by atoms with van der Waals surface area (Å²) >= 11 is 0. The van der Waals surface area contributed by atoms with E-state index in [1.807, 2.05) is 19.1 Å². The van der Waals surface area contributed by atoms with E-state index in [-0.39, 0.29) is 6.54 Å². The Labute approximate surface area is 119 Å². The van der Waals surface area contributed by atoms with E-state index in [1.54, 1.807) is 12.1 Å². The average molecular weight is 282 g/mol. The molecular weight excluding hydrogens is 260 g/mol. The molecule has 6 heteroatoms. The summed E-state index contributed by atoms with van der Waals surface area (Å²) in [7, 11) is 1.33. The topological polar surface area (TPSA) is 74.0 Å². The molecule has 0 amide bonds. The van der Waals surface area contributed by atoms with Crippen LogP contribution in [0.4, 0.5) is 5.69 Å². The fourth-order valence-electron chi connectivity index (χ4n) is 1.54. The maximum absolute atomic E-state index is 11.2. The lowest BCUT2D eigenvalue weighted by molar-refractivity contribution is -0.138. The van der Waals surface area contributed by atoms with Gasteiger partial charge in [-0.15, -0.1) is 0 Å². The number of benzene rings is 1. The van der Waals surface area contributed by atoms with Gasteiger partial charge in [-0.2, -0.15) is 0 Å². The quantitative estimate of drug-likeness (QED) is 0.319. The van der Waals surface area contributed by atoms with Crippen LogP contribution >= 0.6 is 0 Å². The highest BCUT2D eigenvalue weighted by atomic mass is 16.5. The Hall–Kier alpha value is -1.79. The minimum Gasteiger partial charge on any atom is -0.493 e. The number of carbonyl (C=O) groups is 1. The fraction of sp³-hybridized carbons (Fsp3) is 0.500. The van der Waals surface area contributed by atoms with E-state index in [2.05, 4.69) is 4.74 Å². The van der Waals surface area contributed by atoms with Gasteiger partial charge in [0, 0.05) is 25.7 Å². The second kappa shape index (κ2) is 9.17. The first kappa shape index (κ1) is 16.3. The highest BCUT2D eigenvalue weighted by Gasteiger charge is 2.08. The molecule has 0 saturated carbocycles. The lowest BCUT2D eigenvalue weighted by Gasteiger charge is -2.18. The van der Waals surface area contributed by atoms with Crippen LogP contribution in [-0.2, 0) is 14.3 Å². The van der Waals surface area contributed by atoms with E-state index >= 15 is 0 Å². The minimum atomic E-state index is -0.393. The molecule has 0 unspecified atom stereocenters. The first-order chi connectivity index (χ1) is 9.67. The van der Waals surface area contributed by atoms with Gasteiger partial charge >= 0.3 is 5.97 Å². The number of methoxy groups -OCH3 is 1. The molecule has 0 bridgehead atoms. The van der Waals surface area contributed by atoms with E-state index in [1.165, 1.54) is 12.1 Å². The molecule has 1 aromatic rings. The molecule has 0 aliphatic heterocycles. The van der Waals surface area contributed by atoms with Crippen LogP contribution in [0, 0.1) is 0 Å². The Bertz CT molecular complexity index is 412. The second-order valence-electron chi connectivity index (χ2n) is 4.10. The van der Waals surface area contributed by atoms with E-state index in [0.29, 0.717) is 31.3 Å². The Kier molecular flexibility index (Phi) is 7.46. The van der Waals surface area contributed by atoms with Crippen molar-refractivity contribution >= 4 is 11.7 Å². The number of ether oxygens (including phenoxy) is 3. The normalized spacial score (nSPS) is 10.2. The van der Waals surface area contributed by atoms with E-state index in [4.69, 9.17) is 15.3 Å². The van der Waals surface area contributed by atoms with Gasteiger partial charge in [-0.1, -0.05) is 6.07 Å². The first-order valence-electron chi connectivity index (χ1n) is 6.57. The van der Waals surface area contributed by atoms with Gasteiger partial charge < -0.3 is 14.2 Å². The minimum absolute atomic E-state index is 0.00963. The molecule has 1 aromatic carbocycles. The van der Waals surface area contributed by atoms with Crippen molar-refractivity contribution in [2.24, 2.45) is 5.84 Å². The summed E-state index contributed by atoms with van der Waals surface area (Å²) in [5, 5.41) is 1.32. The summed E-state index contributed by atoms with van der Waals surface area (Å²) in [6.45, 7) is 3.92. The third kappa shape index (κ3) is 5.90. The van der Waals surface area contributed by atoms with Gasteiger partial charge in [0.1, 0.15) is 12.3 Å². The van der Waals surface area contributed by atoms with E-state index < -0.39 is 5.97 Å². The molecule has 0 fully saturated rings. The largest absolute Gasteiger partial charge is 0.493 e. The number of esters is 1. The van der Waals surface area contributed by atoms with Crippen LogP contribution in [0.15, 0.2) is 24.3 Å².